The van der Waals surface area contributed by atoms with E-state index in [1.54, 1.807) is 12.1 Å². The number of ether oxygens (including phenoxy) is 2. The van der Waals surface area contributed by atoms with Crippen LogP contribution in [0.1, 0.15) is 11.1 Å². The van der Waals surface area contributed by atoms with Crippen molar-refractivity contribution in [1.29, 1.82) is 0 Å². The first kappa shape index (κ1) is 16.0. The predicted molar refractivity (Wildman–Crippen MR) is 80.9 cm³/mol. The fourth-order valence-corrected chi connectivity index (χ4v) is 2.55. The molecule has 0 N–H and O–H groups in total. The van der Waals surface area contributed by atoms with E-state index in [1.165, 1.54) is 7.11 Å². The Morgan fingerprint density at radius 2 is 1.95 bits per heavy atom. The van der Waals surface area contributed by atoms with Crippen molar-refractivity contribution in [2.24, 2.45) is 0 Å². The molecule has 0 amide bonds. The van der Waals surface area contributed by atoms with E-state index in [-0.39, 0.29) is 12.2 Å². The maximum absolute atomic E-state index is 13.6. The number of methoxy groups -OCH3 is 1. The van der Waals surface area contributed by atoms with Gasteiger partial charge in [0.1, 0.15) is 18.2 Å². The molecule has 2 nitrogen and oxygen atoms in total. The van der Waals surface area contributed by atoms with Gasteiger partial charge in [0.25, 0.3) is 0 Å². The molecule has 0 saturated carbocycles. The van der Waals surface area contributed by atoms with Crippen LogP contribution in [0.3, 0.4) is 0 Å². The minimum absolute atomic E-state index is 0.112. The summed E-state index contributed by atoms with van der Waals surface area (Å²) >= 11 is 9.14. The van der Waals surface area contributed by atoms with E-state index >= 15 is 0 Å². The Morgan fingerprint density at radius 3 is 2.62 bits per heavy atom. The van der Waals surface area contributed by atoms with E-state index < -0.39 is 11.6 Å². The lowest BCUT2D eigenvalue weighted by Crippen LogP contribution is -2.02. The van der Waals surface area contributed by atoms with E-state index in [2.05, 4.69) is 15.9 Å². The van der Waals surface area contributed by atoms with E-state index in [0.29, 0.717) is 21.9 Å². The molecule has 0 aliphatic rings. The average Bonchev–Trinajstić information content (AvgIpc) is 2.48. The lowest BCUT2D eigenvalue weighted by atomic mass is 10.2. The first-order valence-corrected chi connectivity index (χ1v) is 7.37. The summed E-state index contributed by atoms with van der Waals surface area (Å²) in [6, 6.07) is 6.74. The van der Waals surface area contributed by atoms with Gasteiger partial charge in [0.05, 0.1) is 11.6 Å². The van der Waals surface area contributed by atoms with Crippen LogP contribution in [0.15, 0.2) is 34.8 Å². The summed E-state index contributed by atoms with van der Waals surface area (Å²) in [5, 5.41) is 0. The van der Waals surface area contributed by atoms with E-state index in [9.17, 15) is 8.78 Å². The molecule has 0 aromatic heterocycles. The molecule has 0 bridgehead atoms. The SMILES string of the molecule is COc1cc(CCl)cc(Br)c1OCc1cc(F)ccc1F. The summed E-state index contributed by atoms with van der Waals surface area (Å²) in [5.41, 5.74) is 0.982. The highest BCUT2D eigenvalue weighted by atomic mass is 79.9. The highest BCUT2D eigenvalue weighted by Crippen LogP contribution is 2.37. The zero-order chi connectivity index (χ0) is 15.4. The van der Waals surface area contributed by atoms with Gasteiger partial charge in [-0.15, -0.1) is 11.6 Å². The predicted octanol–water partition coefficient (Wildman–Crippen LogP) is 5.05. The molecule has 0 aliphatic carbocycles. The maximum Gasteiger partial charge on any atom is 0.175 e. The summed E-state index contributed by atoms with van der Waals surface area (Å²) in [4.78, 5) is 0. The molecule has 2 aromatic carbocycles. The van der Waals surface area contributed by atoms with Gasteiger partial charge < -0.3 is 9.47 Å². The number of hydrogen-bond donors (Lipinski definition) is 0. The summed E-state index contributed by atoms with van der Waals surface area (Å²) in [7, 11) is 1.50. The van der Waals surface area contributed by atoms with Crippen LogP contribution in [0.25, 0.3) is 0 Å². The molecule has 21 heavy (non-hydrogen) atoms. The second-order valence-corrected chi connectivity index (χ2v) is 5.39. The second kappa shape index (κ2) is 7.09. The van der Waals surface area contributed by atoms with Gasteiger partial charge in [0, 0.05) is 11.4 Å². The van der Waals surface area contributed by atoms with Gasteiger partial charge in [-0.05, 0) is 51.8 Å². The van der Waals surface area contributed by atoms with Gasteiger partial charge in [-0.1, -0.05) is 0 Å². The lowest BCUT2D eigenvalue weighted by Gasteiger charge is -2.14. The Bertz CT molecular complexity index is 650. The number of halogens is 4. The zero-order valence-corrected chi connectivity index (χ0v) is 13.5. The Morgan fingerprint density at radius 1 is 1.19 bits per heavy atom. The molecule has 112 valence electrons. The molecule has 0 fully saturated rings. The average molecular weight is 378 g/mol. The van der Waals surface area contributed by atoms with Crippen LogP contribution in [0.5, 0.6) is 11.5 Å². The van der Waals surface area contributed by atoms with Gasteiger partial charge in [-0.2, -0.15) is 0 Å². The van der Waals surface area contributed by atoms with Crippen LogP contribution in [0, 0.1) is 11.6 Å². The molecule has 0 radical (unpaired) electrons. The third kappa shape index (κ3) is 3.86. The van der Waals surface area contributed by atoms with E-state index in [1.807, 2.05) is 0 Å². The quantitative estimate of drug-likeness (QED) is 0.679. The smallest absolute Gasteiger partial charge is 0.175 e. The topological polar surface area (TPSA) is 18.5 Å². The molecule has 6 heteroatoms. The highest BCUT2D eigenvalue weighted by molar-refractivity contribution is 9.10. The molecule has 2 rings (SSSR count). The molecule has 0 saturated heterocycles. The second-order valence-electron chi connectivity index (χ2n) is 4.27. The van der Waals surface area contributed by atoms with Crippen LogP contribution < -0.4 is 9.47 Å². The van der Waals surface area contributed by atoms with Gasteiger partial charge in [-0.25, -0.2) is 8.78 Å². The Kier molecular flexibility index (Phi) is 5.42. The van der Waals surface area contributed by atoms with E-state index in [0.717, 1.165) is 23.8 Å². The maximum atomic E-state index is 13.6. The summed E-state index contributed by atoms with van der Waals surface area (Å²) in [6.45, 7) is -0.112. The largest absolute Gasteiger partial charge is 0.493 e. The van der Waals surface area contributed by atoms with Crippen molar-refractivity contribution in [2.75, 3.05) is 7.11 Å². The first-order chi connectivity index (χ1) is 10.0. The molecule has 0 unspecified atom stereocenters. The van der Waals surface area contributed by atoms with Crippen molar-refractivity contribution in [2.45, 2.75) is 12.5 Å². The van der Waals surface area contributed by atoms with Crippen molar-refractivity contribution >= 4 is 27.5 Å². The van der Waals surface area contributed by atoms with Crippen molar-refractivity contribution in [1.82, 2.24) is 0 Å². The standard InChI is InChI=1S/C15H12BrClF2O2/c1-20-14-5-9(7-17)4-12(16)15(14)21-8-10-6-11(18)2-3-13(10)19/h2-6H,7-8H2,1H3. The summed E-state index contributed by atoms with van der Waals surface area (Å²) in [5.74, 6) is 0.169. The summed E-state index contributed by atoms with van der Waals surface area (Å²) in [6.07, 6.45) is 0. The fraction of sp³-hybridized carbons (Fsp3) is 0.200. The number of benzene rings is 2. The minimum atomic E-state index is -0.524. The Balaban J connectivity index is 2.25. The van der Waals surface area contributed by atoms with Crippen LogP contribution in [-0.2, 0) is 12.5 Å². The van der Waals surface area contributed by atoms with Crippen LogP contribution in [0.2, 0.25) is 0 Å². The number of rotatable bonds is 5. The van der Waals surface area contributed by atoms with Gasteiger partial charge in [-0.3, -0.25) is 0 Å². The minimum Gasteiger partial charge on any atom is -0.493 e. The molecule has 0 aliphatic heterocycles. The van der Waals surface area contributed by atoms with Gasteiger partial charge >= 0.3 is 0 Å². The molecular weight excluding hydrogens is 366 g/mol. The van der Waals surface area contributed by atoms with Crippen molar-refractivity contribution in [3.63, 3.8) is 0 Å². The monoisotopic (exact) mass is 376 g/mol. The van der Waals surface area contributed by atoms with Crippen molar-refractivity contribution in [3.05, 3.63) is 57.6 Å². The van der Waals surface area contributed by atoms with Gasteiger partial charge in [0.15, 0.2) is 11.5 Å². The van der Waals surface area contributed by atoms with Crippen molar-refractivity contribution in [3.8, 4) is 11.5 Å². The lowest BCUT2D eigenvalue weighted by molar-refractivity contribution is 0.277. The third-order valence-corrected chi connectivity index (χ3v) is 3.72. The normalized spacial score (nSPS) is 10.5. The van der Waals surface area contributed by atoms with Crippen LogP contribution in [-0.4, -0.2) is 7.11 Å². The third-order valence-electron chi connectivity index (χ3n) is 2.82. The van der Waals surface area contributed by atoms with Crippen molar-refractivity contribution < 1.29 is 18.3 Å². The highest BCUT2D eigenvalue weighted by Gasteiger charge is 2.13. The zero-order valence-electron chi connectivity index (χ0n) is 11.1. The number of hydrogen-bond acceptors (Lipinski definition) is 2. The Hall–Kier alpha value is -1.33. The fourth-order valence-electron chi connectivity index (χ4n) is 1.79. The van der Waals surface area contributed by atoms with E-state index in [4.69, 9.17) is 21.1 Å². The molecule has 0 atom stereocenters. The molecule has 0 spiro atoms. The molecular formula is C15H12BrClF2O2. The Labute approximate surface area is 134 Å². The first-order valence-electron chi connectivity index (χ1n) is 6.04. The van der Waals surface area contributed by atoms with Crippen LogP contribution >= 0.6 is 27.5 Å². The summed E-state index contributed by atoms with van der Waals surface area (Å²) < 4.78 is 38.1. The number of alkyl halides is 1. The van der Waals surface area contributed by atoms with Gasteiger partial charge in [0.2, 0.25) is 0 Å². The molecule has 0 heterocycles. The molecule has 2 aromatic rings. The van der Waals surface area contributed by atoms with Crippen LogP contribution in [0.4, 0.5) is 8.78 Å².